The van der Waals surface area contributed by atoms with Gasteiger partial charge in [-0.25, -0.2) is 0 Å². The molecule has 0 aliphatic rings. The van der Waals surface area contributed by atoms with Crippen LogP contribution in [0, 0.1) is 0 Å². The number of rotatable bonds is 9. The van der Waals surface area contributed by atoms with Crippen LogP contribution < -0.4 is 11.5 Å². The van der Waals surface area contributed by atoms with Crippen LogP contribution in [0.25, 0.3) is 0 Å². The zero-order valence-corrected chi connectivity index (χ0v) is 11.6. The lowest BCUT2D eigenvalue weighted by molar-refractivity contribution is 0.118. The Bertz CT molecular complexity index is 183. The summed E-state index contributed by atoms with van der Waals surface area (Å²) in [5.41, 5.74) is 10.8. The summed E-state index contributed by atoms with van der Waals surface area (Å²) >= 11 is 0. The summed E-state index contributed by atoms with van der Waals surface area (Å²) in [5, 5.41) is 9.09. The first-order chi connectivity index (χ1) is 7.43. The Kier molecular flexibility index (Phi) is 8.17. The fraction of sp³-hybridized carbons (Fsp3) is 1.00. The van der Waals surface area contributed by atoms with Crippen molar-refractivity contribution in [1.82, 2.24) is 0 Å². The molecule has 3 atom stereocenters. The van der Waals surface area contributed by atoms with Gasteiger partial charge in [0.15, 0.2) is 0 Å². The van der Waals surface area contributed by atoms with E-state index in [0.29, 0.717) is 25.6 Å². The molecule has 0 aromatic rings. The highest BCUT2D eigenvalue weighted by molar-refractivity contribution is 6.66. The predicted octanol–water partition coefficient (Wildman–Crippen LogP) is 0.516. The smallest absolute Gasteiger partial charge is 0.335 e. The number of aliphatic hydroxyl groups excluding tert-OH is 1. The summed E-state index contributed by atoms with van der Waals surface area (Å²) in [7, 11) is -2.21. The molecule has 0 saturated carbocycles. The highest BCUT2D eigenvalue weighted by Gasteiger charge is 2.33. The third kappa shape index (κ3) is 7.32. The molecule has 3 unspecified atom stereocenters. The summed E-state index contributed by atoms with van der Waals surface area (Å²) in [6.07, 6.45) is 0.641. The lowest BCUT2D eigenvalue weighted by atomic mass is 10.3. The molecule has 0 aliphatic heterocycles. The van der Waals surface area contributed by atoms with Gasteiger partial charge in [0.1, 0.15) is 6.23 Å². The monoisotopic (exact) mass is 250 g/mol. The van der Waals surface area contributed by atoms with E-state index >= 15 is 0 Å². The van der Waals surface area contributed by atoms with Crippen LogP contribution in [-0.2, 0) is 8.85 Å². The fourth-order valence-corrected chi connectivity index (χ4v) is 4.33. The molecule has 0 rings (SSSR count). The summed E-state index contributed by atoms with van der Waals surface area (Å²) in [6, 6.07) is 0.702. The highest BCUT2D eigenvalue weighted by Crippen LogP contribution is 2.19. The summed E-state index contributed by atoms with van der Waals surface area (Å²) in [6.45, 7) is 7.18. The average molecular weight is 250 g/mol. The minimum atomic E-state index is -2.21. The first-order valence-corrected chi connectivity index (χ1v) is 8.41. The van der Waals surface area contributed by atoms with E-state index in [1.165, 1.54) is 0 Å². The van der Waals surface area contributed by atoms with Crippen LogP contribution in [0.2, 0.25) is 12.6 Å². The normalized spacial score (nSPS) is 19.1. The third-order valence-corrected chi connectivity index (χ3v) is 5.36. The zero-order valence-electron chi connectivity index (χ0n) is 10.6. The minimum Gasteiger partial charge on any atom is -0.395 e. The van der Waals surface area contributed by atoms with Crippen molar-refractivity contribution in [3.63, 3.8) is 0 Å². The Balaban J connectivity index is 4.19. The molecule has 0 fully saturated rings. The van der Waals surface area contributed by atoms with E-state index in [1.807, 2.05) is 20.4 Å². The van der Waals surface area contributed by atoms with Crippen LogP contribution in [0.3, 0.4) is 0 Å². The van der Waals surface area contributed by atoms with E-state index < -0.39 is 14.8 Å². The first-order valence-electron chi connectivity index (χ1n) is 5.89. The van der Waals surface area contributed by atoms with Crippen LogP contribution in [0.1, 0.15) is 26.7 Å². The predicted molar refractivity (Wildman–Crippen MR) is 67.1 cm³/mol. The van der Waals surface area contributed by atoms with Gasteiger partial charge in [-0.1, -0.05) is 0 Å². The maximum atomic E-state index is 9.09. The average Bonchev–Trinajstić information content (AvgIpc) is 2.15. The molecule has 6 heteroatoms. The third-order valence-electron chi connectivity index (χ3n) is 2.37. The van der Waals surface area contributed by atoms with Gasteiger partial charge in [0.2, 0.25) is 0 Å². The second kappa shape index (κ2) is 8.16. The number of hydrogen-bond donors (Lipinski definition) is 3. The number of nitrogens with two attached hydrogens (primary N) is 2. The Morgan fingerprint density at radius 1 is 1.38 bits per heavy atom. The second-order valence-electron chi connectivity index (χ2n) is 4.18. The fourth-order valence-electron chi connectivity index (χ4n) is 1.60. The quantitative estimate of drug-likeness (QED) is 0.410. The van der Waals surface area contributed by atoms with Gasteiger partial charge in [-0.2, -0.15) is 0 Å². The molecular formula is C10H26N2O3Si. The van der Waals surface area contributed by atoms with Crippen molar-refractivity contribution in [2.24, 2.45) is 11.5 Å². The first kappa shape index (κ1) is 16.0. The van der Waals surface area contributed by atoms with Gasteiger partial charge in [-0.15, -0.1) is 0 Å². The Morgan fingerprint density at radius 2 is 2.00 bits per heavy atom. The molecule has 0 amide bonds. The molecule has 0 saturated heterocycles. The van der Waals surface area contributed by atoms with E-state index in [-0.39, 0.29) is 6.10 Å². The van der Waals surface area contributed by atoms with Gasteiger partial charge < -0.3 is 25.4 Å². The van der Waals surface area contributed by atoms with Crippen molar-refractivity contribution >= 4 is 8.56 Å². The molecule has 5 N–H and O–H groups in total. The van der Waals surface area contributed by atoms with Crippen molar-refractivity contribution in [3.8, 4) is 0 Å². The van der Waals surface area contributed by atoms with Gasteiger partial charge in [0.25, 0.3) is 0 Å². The molecule has 5 nitrogen and oxygen atoms in total. The van der Waals surface area contributed by atoms with E-state index in [0.717, 1.165) is 6.42 Å². The number of aliphatic hydroxyl groups is 1. The van der Waals surface area contributed by atoms with Crippen LogP contribution in [0.4, 0.5) is 0 Å². The Morgan fingerprint density at radius 3 is 2.44 bits per heavy atom. The molecular weight excluding hydrogens is 224 g/mol. The van der Waals surface area contributed by atoms with Crippen LogP contribution >= 0.6 is 0 Å². The molecule has 0 bridgehead atoms. The van der Waals surface area contributed by atoms with Crippen molar-refractivity contribution < 1.29 is 14.0 Å². The van der Waals surface area contributed by atoms with E-state index in [9.17, 15) is 0 Å². The SMILES string of the molecule is CCO[Si](C)(CCC(N)O)OC(C)CCN. The highest BCUT2D eigenvalue weighted by atomic mass is 28.4. The van der Waals surface area contributed by atoms with Gasteiger partial charge in [0, 0.05) is 12.7 Å². The van der Waals surface area contributed by atoms with Gasteiger partial charge in [-0.05, 0) is 45.8 Å². The summed E-state index contributed by atoms with van der Waals surface area (Å²) in [5.74, 6) is 0. The van der Waals surface area contributed by atoms with E-state index in [4.69, 9.17) is 25.4 Å². The van der Waals surface area contributed by atoms with Crippen molar-refractivity contribution in [2.75, 3.05) is 13.2 Å². The molecule has 0 aliphatic carbocycles. The largest absolute Gasteiger partial charge is 0.395 e. The Hall–Kier alpha value is 0.0169. The molecule has 0 heterocycles. The zero-order chi connectivity index (χ0) is 12.6. The second-order valence-corrected chi connectivity index (χ2v) is 7.47. The van der Waals surface area contributed by atoms with Crippen molar-refractivity contribution in [2.45, 2.75) is 51.6 Å². The van der Waals surface area contributed by atoms with Gasteiger partial charge in [-0.3, -0.25) is 0 Å². The maximum absolute atomic E-state index is 9.09. The van der Waals surface area contributed by atoms with Crippen LogP contribution in [-0.4, -0.2) is 39.2 Å². The molecule has 0 radical (unpaired) electrons. The molecule has 0 aromatic carbocycles. The topological polar surface area (TPSA) is 90.7 Å². The summed E-state index contributed by atoms with van der Waals surface area (Å²) in [4.78, 5) is 0. The standard InChI is InChI=1S/C10H26N2O3Si/c1-4-14-16(3,8-6-10(12)13)15-9(2)5-7-11/h9-10,13H,4-8,11-12H2,1-3H3. The molecule has 0 spiro atoms. The molecule has 0 aromatic heterocycles. The lowest BCUT2D eigenvalue weighted by Crippen LogP contribution is -2.43. The summed E-state index contributed by atoms with van der Waals surface area (Å²) < 4.78 is 11.6. The van der Waals surface area contributed by atoms with E-state index in [2.05, 4.69) is 0 Å². The Labute approximate surface area is 99.4 Å². The number of hydrogen-bond acceptors (Lipinski definition) is 5. The minimum absolute atomic E-state index is 0.100. The van der Waals surface area contributed by atoms with Crippen molar-refractivity contribution in [3.05, 3.63) is 0 Å². The molecule has 16 heavy (non-hydrogen) atoms. The van der Waals surface area contributed by atoms with Gasteiger partial charge >= 0.3 is 8.56 Å². The maximum Gasteiger partial charge on any atom is 0.335 e. The lowest BCUT2D eigenvalue weighted by Gasteiger charge is -2.30. The van der Waals surface area contributed by atoms with E-state index in [1.54, 1.807) is 0 Å². The van der Waals surface area contributed by atoms with Crippen molar-refractivity contribution in [1.29, 1.82) is 0 Å². The van der Waals surface area contributed by atoms with Gasteiger partial charge in [0.05, 0.1) is 0 Å². The molecule has 98 valence electrons. The van der Waals surface area contributed by atoms with Crippen LogP contribution in [0.5, 0.6) is 0 Å². The van der Waals surface area contributed by atoms with Crippen LogP contribution in [0.15, 0.2) is 0 Å².